The average molecular weight is 386 g/mol. The van der Waals surface area contributed by atoms with Gasteiger partial charge in [-0.3, -0.25) is 4.98 Å². The zero-order chi connectivity index (χ0) is 19.8. The van der Waals surface area contributed by atoms with E-state index in [9.17, 15) is 4.39 Å². The fourth-order valence-electron chi connectivity index (χ4n) is 4.01. The average Bonchev–Trinajstić information content (AvgIpc) is 3.19. The number of hydrogen-bond acceptors (Lipinski definition) is 6. The molecule has 1 saturated carbocycles. The van der Waals surface area contributed by atoms with Crippen LogP contribution < -0.4 is 5.73 Å². The number of rotatable bonds is 4. The van der Waals surface area contributed by atoms with Crippen LogP contribution in [0.15, 0.2) is 65.2 Å². The summed E-state index contributed by atoms with van der Waals surface area (Å²) in [6, 6.07) is 10.5. The first-order valence-corrected chi connectivity index (χ1v) is 9.58. The molecule has 1 fully saturated rings. The molecule has 0 amide bonds. The van der Waals surface area contributed by atoms with E-state index in [1.54, 1.807) is 24.5 Å². The van der Waals surface area contributed by atoms with Crippen LogP contribution in [0.2, 0.25) is 0 Å². The molecule has 0 unspecified atom stereocenters. The van der Waals surface area contributed by atoms with Gasteiger partial charge in [0, 0.05) is 36.0 Å². The van der Waals surface area contributed by atoms with E-state index in [0.717, 1.165) is 53.1 Å². The molecule has 2 N–H and O–H groups in total. The molecule has 0 spiro atoms. The number of aromatic nitrogens is 3. The van der Waals surface area contributed by atoms with Crippen LogP contribution in [0.3, 0.4) is 0 Å². The fraction of sp³-hybridized carbons (Fsp3) is 0.227. The van der Waals surface area contributed by atoms with Crippen LogP contribution in [0.25, 0.3) is 11.3 Å². The quantitative estimate of drug-likeness (QED) is 0.736. The molecule has 6 nitrogen and oxygen atoms in total. The highest BCUT2D eigenvalue weighted by atomic mass is 19.1. The normalized spacial score (nSPS) is 17.4. The maximum absolute atomic E-state index is 13.2. The summed E-state index contributed by atoms with van der Waals surface area (Å²) in [5.41, 5.74) is 11.1. The Morgan fingerprint density at radius 1 is 0.828 bits per heavy atom. The van der Waals surface area contributed by atoms with E-state index in [0.29, 0.717) is 6.42 Å². The lowest BCUT2D eigenvalue weighted by atomic mass is 9.61. The number of anilines is 1. The summed E-state index contributed by atoms with van der Waals surface area (Å²) in [6.45, 7) is 0. The first-order chi connectivity index (χ1) is 14.1. The second-order valence-electron chi connectivity index (χ2n) is 7.47. The number of nitrogen functional groups attached to an aromatic ring is 1. The molecule has 5 rings (SSSR count). The molecule has 1 aliphatic carbocycles. The Bertz CT molecular complexity index is 1100. The fourth-order valence-corrected chi connectivity index (χ4v) is 4.01. The smallest absolute Gasteiger partial charge is 0.219 e. The maximum Gasteiger partial charge on any atom is 0.219 e. The second-order valence-corrected chi connectivity index (χ2v) is 7.47. The Hall–Kier alpha value is -3.48. The van der Waals surface area contributed by atoms with Crippen molar-refractivity contribution in [2.75, 3.05) is 5.73 Å². The third-order valence-electron chi connectivity index (χ3n) is 5.85. The van der Waals surface area contributed by atoms with Gasteiger partial charge >= 0.3 is 0 Å². The SMILES string of the molecule is Nc1ncc(-c2ccc(C3(C4=NN=C(c5ccc(F)cc5)C4)CCC3)cn2)cn1. The monoisotopic (exact) mass is 386 g/mol. The molecular weight excluding hydrogens is 367 g/mol. The van der Waals surface area contributed by atoms with Gasteiger partial charge < -0.3 is 5.73 Å². The van der Waals surface area contributed by atoms with Crippen LogP contribution in [0.1, 0.15) is 36.8 Å². The Kier molecular flexibility index (Phi) is 4.16. The molecule has 3 heterocycles. The Balaban J connectivity index is 1.38. The van der Waals surface area contributed by atoms with E-state index >= 15 is 0 Å². The third kappa shape index (κ3) is 3.08. The molecular formula is C22H19FN6. The maximum atomic E-state index is 13.2. The number of pyridine rings is 1. The zero-order valence-corrected chi connectivity index (χ0v) is 15.7. The summed E-state index contributed by atoms with van der Waals surface area (Å²) >= 11 is 0. The molecule has 0 radical (unpaired) electrons. The van der Waals surface area contributed by atoms with Gasteiger partial charge in [-0.1, -0.05) is 24.6 Å². The Labute approximate surface area is 167 Å². The predicted octanol–water partition coefficient (Wildman–Crippen LogP) is 3.93. The lowest BCUT2D eigenvalue weighted by Gasteiger charge is -2.42. The van der Waals surface area contributed by atoms with E-state index in [1.807, 2.05) is 12.3 Å². The van der Waals surface area contributed by atoms with Gasteiger partial charge in [0.1, 0.15) is 5.82 Å². The van der Waals surface area contributed by atoms with Gasteiger partial charge in [0.15, 0.2) is 0 Å². The van der Waals surface area contributed by atoms with Crippen LogP contribution in [-0.2, 0) is 5.41 Å². The highest BCUT2D eigenvalue weighted by Crippen LogP contribution is 2.47. The number of benzene rings is 1. The van der Waals surface area contributed by atoms with Crippen LogP contribution in [0, 0.1) is 5.82 Å². The van der Waals surface area contributed by atoms with Gasteiger partial charge in [0.25, 0.3) is 0 Å². The second kappa shape index (κ2) is 6.84. The van der Waals surface area contributed by atoms with Crippen molar-refractivity contribution in [3.8, 4) is 11.3 Å². The molecule has 144 valence electrons. The van der Waals surface area contributed by atoms with Crippen molar-refractivity contribution in [3.63, 3.8) is 0 Å². The summed E-state index contributed by atoms with van der Waals surface area (Å²) in [5.74, 6) is -0.00314. The highest BCUT2D eigenvalue weighted by Gasteiger charge is 2.45. The van der Waals surface area contributed by atoms with E-state index in [-0.39, 0.29) is 17.2 Å². The summed E-state index contributed by atoms with van der Waals surface area (Å²) in [5, 5.41) is 8.92. The molecule has 0 bridgehead atoms. The van der Waals surface area contributed by atoms with Gasteiger partial charge in [-0.2, -0.15) is 10.2 Å². The van der Waals surface area contributed by atoms with Crippen molar-refractivity contribution in [2.24, 2.45) is 10.2 Å². The van der Waals surface area contributed by atoms with Crippen molar-refractivity contribution in [2.45, 2.75) is 31.1 Å². The van der Waals surface area contributed by atoms with E-state index < -0.39 is 0 Å². The number of hydrogen-bond donors (Lipinski definition) is 1. The first kappa shape index (κ1) is 17.6. The van der Waals surface area contributed by atoms with Crippen molar-refractivity contribution in [1.82, 2.24) is 15.0 Å². The van der Waals surface area contributed by atoms with Crippen LogP contribution in [0.5, 0.6) is 0 Å². The summed E-state index contributed by atoms with van der Waals surface area (Å²) < 4.78 is 13.2. The topological polar surface area (TPSA) is 89.4 Å². The van der Waals surface area contributed by atoms with E-state index in [4.69, 9.17) is 5.73 Å². The summed E-state index contributed by atoms with van der Waals surface area (Å²) in [6.07, 6.45) is 9.16. The van der Waals surface area contributed by atoms with Gasteiger partial charge in [0.2, 0.25) is 5.95 Å². The van der Waals surface area contributed by atoms with Crippen LogP contribution >= 0.6 is 0 Å². The molecule has 0 saturated heterocycles. The standard InChI is InChI=1S/C22H19FN6/c23-17-5-2-14(3-6-17)19-10-20(29-28-19)22(8-1-9-22)16-4-7-18(25-13-16)15-11-26-21(24)27-12-15/h2-7,11-13H,1,8-10H2,(H2,24,26,27). The molecule has 7 heteroatoms. The van der Waals surface area contributed by atoms with E-state index in [1.165, 1.54) is 12.1 Å². The van der Waals surface area contributed by atoms with Crippen molar-refractivity contribution < 1.29 is 4.39 Å². The minimum Gasteiger partial charge on any atom is -0.368 e. The largest absolute Gasteiger partial charge is 0.368 e. The van der Waals surface area contributed by atoms with E-state index in [2.05, 4.69) is 31.2 Å². The lowest BCUT2D eigenvalue weighted by Crippen LogP contribution is -2.42. The van der Waals surface area contributed by atoms with Crippen LogP contribution in [0.4, 0.5) is 10.3 Å². The molecule has 29 heavy (non-hydrogen) atoms. The Morgan fingerprint density at radius 3 is 2.21 bits per heavy atom. The Morgan fingerprint density at radius 2 is 1.59 bits per heavy atom. The molecule has 0 atom stereocenters. The highest BCUT2D eigenvalue weighted by molar-refractivity contribution is 6.18. The minimum atomic E-state index is -0.249. The van der Waals surface area contributed by atoms with Crippen molar-refractivity contribution in [1.29, 1.82) is 0 Å². The van der Waals surface area contributed by atoms with Gasteiger partial charge in [-0.25, -0.2) is 14.4 Å². The number of nitrogens with zero attached hydrogens (tertiary/aromatic N) is 5. The number of halogens is 1. The summed E-state index contributed by atoms with van der Waals surface area (Å²) in [7, 11) is 0. The molecule has 2 aromatic heterocycles. The van der Waals surface area contributed by atoms with Crippen LogP contribution in [-0.4, -0.2) is 26.4 Å². The minimum absolute atomic E-state index is 0.117. The van der Waals surface area contributed by atoms with Crippen molar-refractivity contribution in [3.05, 3.63) is 71.9 Å². The third-order valence-corrected chi connectivity index (χ3v) is 5.85. The molecule has 1 aliphatic heterocycles. The number of nitrogens with two attached hydrogens (primary N) is 1. The van der Waals surface area contributed by atoms with Gasteiger partial charge in [-0.05, 0) is 42.2 Å². The zero-order valence-electron chi connectivity index (χ0n) is 15.7. The predicted molar refractivity (Wildman–Crippen MR) is 110 cm³/mol. The van der Waals surface area contributed by atoms with Gasteiger partial charge in [-0.15, -0.1) is 0 Å². The molecule has 1 aromatic carbocycles. The molecule has 3 aromatic rings. The molecule has 2 aliphatic rings. The summed E-state index contributed by atoms with van der Waals surface area (Å²) in [4.78, 5) is 12.7. The van der Waals surface area contributed by atoms with Gasteiger partial charge in [0.05, 0.1) is 17.1 Å². The lowest BCUT2D eigenvalue weighted by molar-refractivity contribution is 0.337. The van der Waals surface area contributed by atoms with Crippen molar-refractivity contribution >= 4 is 17.4 Å². The first-order valence-electron chi connectivity index (χ1n) is 9.58.